The molecule has 0 fully saturated rings. The zero-order valence-corrected chi connectivity index (χ0v) is 15.6. The van der Waals surface area contributed by atoms with E-state index in [0.29, 0.717) is 33.9 Å². The third-order valence-electron chi connectivity index (χ3n) is 4.12. The van der Waals surface area contributed by atoms with E-state index < -0.39 is 12.4 Å². The molecule has 0 amide bonds. The fraction of sp³-hybridized carbons (Fsp3) is 0.190. The fourth-order valence-electron chi connectivity index (χ4n) is 2.64. The summed E-state index contributed by atoms with van der Waals surface area (Å²) in [5.41, 5.74) is 1.29. The third kappa shape index (κ3) is 4.59. The van der Waals surface area contributed by atoms with Crippen LogP contribution in [0.15, 0.2) is 36.7 Å². The van der Waals surface area contributed by atoms with Crippen molar-refractivity contribution in [2.45, 2.75) is 6.42 Å². The van der Waals surface area contributed by atoms with Crippen molar-refractivity contribution in [2.75, 3.05) is 25.6 Å². The fourth-order valence-corrected chi connectivity index (χ4v) is 2.64. The van der Waals surface area contributed by atoms with Crippen LogP contribution in [0.4, 0.5) is 15.9 Å². The topological polar surface area (TPSA) is 93.6 Å². The Labute approximate surface area is 166 Å². The monoisotopic (exact) mass is 395 g/mol. The Kier molecular flexibility index (Phi) is 6.22. The molecule has 0 radical (unpaired) electrons. The lowest BCUT2D eigenvalue weighted by Crippen LogP contribution is -2.10. The number of aliphatic hydroxyl groups excluding tert-OH is 1. The summed E-state index contributed by atoms with van der Waals surface area (Å²) in [5.74, 6) is 2.78. The number of rotatable bonds is 8. The van der Waals surface area contributed by atoms with Gasteiger partial charge in [-0.15, -0.1) is 6.42 Å². The molecule has 0 aliphatic rings. The summed E-state index contributed by atoms with van der Waals surface area (Å²) in [6, 6.07) is 7.70. The van der Waals surface area contributed by atoms with Gasteiger partial charge in [0, 0.05) is 23.6 Å². The third-order valence-corrected chi connectivity index (χ3v) is 4.12. The van der Waals surface area contributed by atoms with Crippen molar-refractivity contribution in [1.29, 1.82) is 0 Å². The van der Waals surface area contributed by atoms with Gasteiger partial charge in [-0.3, -0.25) is 4.79 Å². The Bertz CT molecular complexity index is 1100. The van der Waals surface area contributed by atoms with Crippen molar-refractivity contribution >= 4 is 28.2 Å². The Hall–Kier alpha value is -3.70. The maximum Gasteiger partial charge on any atom is 0.162 e. The van der Waals surface area contributed by atoms with Crippen LogP contribution in [0, 0.1) is 18.2 Å². The molecule has 0 atom stereocenters. The number of hydrogen-bond donors (Lipinski definition) is 2. The molecule has 0 unspecified atom stereocenters. The second-order valence-electron chi connectivity index (χ2n) is 6.00. The lowest BCUT2D eigenvalue weighted by atomic mass is 10.1. The van der Waals surface area contributed by atoms with E-state index in [1.54, 1.807) is 18.2 Å². The minimum atomic E-state index is -0.530. The molecule has 0 saturated carbocycles. The molecule has 2 aromatic carbocycles. The summed E-state index contributed by atoms with van der Waals surface area (Å²) < 4.78 is 24.6. The number of Topliss-reactive ketones (excluding diaryl/α,β-unsaturated/α-hetero) is 1. The van der Waals surface area contributed by atoms with Gasteiger partial charge < -0.3 is 19.9 Å². The Morgan fingerprint density at radius 3 is 2.83 bits per heavy atom. The van der Waals surface area contributed by atoms with Gasteiger partial charge in [0.2, 0.25) is 0 Å². The molecule has 0 bridgehead atoms. The first kappa shape index (κ1) is 20.0. The van der Waals surface area contributed by atoms with Gasteiger partial charge in [-0.1, -0.05) is 5.92 Å². The van der Waals surface area contributed by atoms with E-state index in [1.807, 2.05) is 0 Å². The van der Waals surface area contributed by atoms with Crippen LogP contribution in [0.2, 0.25) is 0 Å². The predicted octanol–water partition coefficient (Wildman–Crippen LogP) is 2.83. The lowest BCUT2D eigenvalue weighted by molar-refractivity contribution is -0.122. The summed E-state index contributed by atoms with van der Waals surface area (Å²) in [6.07, 6.45) is 6.77. The van der Waals surface area contributed by atoms with Crippen molar-refractivity contribution in [3.63, 3.8) is 0 Å². The number of nitrogens with one attached hydrogen (secondary N) is 1. The molecule has 0 aliphatic heterocycles. The number of carbonyl (C=O) groups excluding carboxylic acids is 1. The van der Waals surface area contributed by atoms with Crippen LogP contribution < -0.4 is 14.8 Å². The number of benzene rings is 2. The van der Waals surface area contributed by atoms with E-state index in [4.69, 9.17) is 21.0 Å². The number of ketones is 1. The van der Waals surface area contributed by atoms with E-state index in [-0.39, 0.29) is 24.4 Å². The van der Waals surface area contributed by atoms with Gasteiger partial charge in [-0.25, -0.2) is 14.4 Å². The van der Waals surface area contributed by atoms with Gasteiger partial charge in [0.15, 0.2) is 17.3 Å². The molecule has 0 spiro atoms. The van der Waals surface area contributed by atoms with E-state index in [9.17, 15) is 9.18 Å². The first-order valence-corrected chi connectivity index (χ1v) is 8.67. The second kappa shape index (κ2) is 8.99. The van der Waals surface area contributed by atoms with Crippen LogP contribution >= 0.6 is 0 Å². The molecule has 1 heterocycles. The van der Waals surface area contributed by atoms with Gasteiger partial charge in [0.05, 0.1) is 24.8 Å². The first-order valence-electron chi connectivity index (χ1n) is 8.67. The van der Waals surface area contributed by atoms with Crippen LogP contribution in [0.5, 0.6) is 11.5 Å². The van der Waals surface area contributed by atoms with Crippen molar-refractivity contribution < 1.29 is 23.8 Å². The first-order chi connectivity index (χ1) is 14.0. The van der Waals surface area contributed by atoms with Crippen LogP contribution in [0.1, 0.15) is 12.0 Å². The van der Waals surface area contributed by atoms with E-state index in [2.05, 4.69) is 21.2 Å². The predicted molar refractivity (Wildman–Crippen MR) is 106 cm³/mol. The molecule has 3 aromatic rings. The number of anilines is 2. The quantitative estimate of drug-likeness (QED) is 0.567. The number of fused-ring (bicyclic) bond motifs is 1. The lowest BCUT2D eigenvalue weighted by Gasteiger charge is -2.14. The van der Waals surface area contributed by atoms with E-state index in [1.165, 1.54) is 25.6 Å². The number of methoxy groups -OCH3 is 1. The Morgan fingerprint density at radius 2 is 2.10 bits per heavy atom. The average Bonchev–Trinajstić information content (AvgIpc) is 2.74. The number of aromatic nitrogens is 2. The molecule has 29 heavy (non-hydrogen) atoms. The van der Waals surface area contributed by atoms with E-state index in [0.717, 1.165) is 0 Å². The molecular formula is C21H18FN3O4. The van der Waals surface area contributed by atoms with Gasteiger partial charge in [0.1, 0.15) is 24.6 Å². The van der Waals surface area contributed by atoms with Crippen molar-refractivity contribution in [3.05, 3.63) is 48.0 Å². The minimum absolute atomic E-state index is 0.0680. The van der Waals surface area contributed by atoms with Gasteiger partial charge in [0.25, 0.3) is 0 Å². The number of aliphatic hydroxyl groups is 1. The van der Waals surface area contributed by atoms with Crippen LogP contribution in [0.3, 0.4) is 0 Å². The number of ether oxygens (including phenoxy) is 2. The largest absolute Gasteiger partial charge is 0.493 e. The highest BCUT2D eigenvalue weighted by Gasteiger charge is 2.13. The highest BCUT2D eigenvalue weighted by atomic mass is 19.1. The van der Waals surface area contributed by atoms with Gasteiger partial charge >= 0.3 is 0 Å². The number of hydrogen-bond acceptors (Lipinski definition) is 7. The van der Waals surface area contributed by atoms with Gasteiger partial charge in [-0.05, 0) is 24.3 Å². The number of nitrogens with zero attached hydrogens (tertiary/aromatic N) is 2. The van der Waals surface area contributed by atoms with E-state index >= 15 is 0 Å². The Morgan fingerprint density at radius 1 is 1.28 bits per heavy atom. The maximum atomic E-state index is 13.6. The maximum absolute atomic E-state index is 13.6. The molecular weight excluding hydrogens is 377 g/mol. The zero-order chi connectivity index (χ0) is 20.8. The van der Waals surface area contributed by atoms with Crippen LogP contribution in [-0.2, 0) is 4.79 Å². The molecule has 3 rings (SSSR count). The number of halogens is 1. The molecule has 0 aliphatic carbocycles. The highest BCUT2D eigenvalue weighted by Crippen LogP contribution is 2.35. The molecule has 1 aromatic heterocycles. The zero-order valence-electron chi connectivity index (χ0n) is 15.6. The molecule has 148 valence electrons. The normalized spacial score (nSPS) is 10.4. The summed E-state index contributed by atoms with van der Waals surface area (Å²) in [6.45, 7) is -0.446. The number of carbonyl (C=O) groups is 1. The Balaban J connectivity index is 1.95. The summed E-state index contributed by atoms with van der Waals surface area (Å²) in [4.78, 5) is 19.8. The van der Waals surface area contributed by atoms with Crippen molar-refractivity contribution in [3.8, 4) is 23.8 Å². The molecule has 0 saturated heterocycles. The number of terminal acetylenes is 1. The van der Waals surface area contributed by atoms with Crippen LogP contribution in [-0.4, -0.2) is 41.2 Å². The van der Waals surface area contributed by atoms with Crippen molar-refractivity contribution in [1.82, 2.24) is 9.97 Å². The molecule has 8 heteroatoms. The minimum Gasteiger partial charge on any atom is -0.493 e. The average molecular weight is 395 g/mol. The SMILES string of the molecule is C#Cc1cc(Nc2ncnc3cc(OC)c(OCCC(=O)CO)cc23)ccc1F. The standard InChI is InChI=1S/C21H18FN3O4/c1-3-13-8-14(4-5-17(13)22)25-21-16-9-20(29-7-6-15(27)11-26)19(28-2)10-18(16)23-12-24-21/h1,4-5,8-10,12,26H,6-7,11H2,2H3,(H,23,24,25). The van der Waals surface area contributed by atoms with Gasteiger partial charge in [-0.2, -0.15) is 0 Å². The summed E-state index contributed by atoms with van der Waals surface area (Å²) in [5, 5.41) is 12.5. The molecule has 2 N–H and O–H groups in total. The second-order valence-corrected chi connectivity index (χ2v) is 6.00. The smallest absolute Gasteiger partial charge is 0.162 e. The summed E-state index contributed by atoms with van der Waals surface area (Å²) in [7, 11) is 1.49. The summed E-state index contributed by atoms with van der Waals surface area (Å²) >= 11 is 0. The molecule has 7 nitrogen and oxygen atoms in total. The van der Waals surface area contributed by atoms with Crippen LogP contribution in [0.25, 0.3) is 10.9 Å². The highest BCUT2D eigenvalue weighted by molar-refractivity contribution is 5.93. The van der Waals surface area contributed by atoms with Crippen molar-refractivity contribution in [2.24, 2.45) is 0 Å².